The summed E-state index contributed by atoms with van der Waals surface area (Å²) in [6, 6.07) is 1.26. The summed E-state index contributed by atoms with van der Waals surface area (Å²) in [6.07, 6.45) is 1.17. The molecule has 1 aliphatic heterocycles. The van der Waals surface area contributed by atoms with Crippen molar-refractivity contribution in [2.45, 2.75) is 23.1 Å². The Labute approximate surface area is 94.9 Å². The molecule has 7 heteroatoms. The zero-order chi connectivity index (χ0) is 11.7. The van der Waals surface area contributed by atoms with E-state index >= 15 is 0 Å². The predicted molar refractivity (Wildman–Crippen MR) is 59.4 cm³/mol. The highest BCUT2D eigenvalue weighted by atomic mass is 32.2. The monoisotopic (exact) mass is 244 g/mol. The minimum Gasteiger partial charge on any atom is -0.395 e. The summed E-state index contributed by atoms with van der Waals surface area (Å²) in [6.45, 7) is -0.125. The smallest absolute Gasteiger partial charge is 0.329 e. The number of aliphatic hydroxyl groups excluding tert-OH is 2. The lowest BCUT2D eigenvalue weighted by atomic mass is 10.2. The lowest BCUT2D eigenvalue weighted by molar-refractivity contribution is 0.137. The zero-order valence-electron chi connectivity index (χ0n) is 8.37. The first kappa shape index (κ1) is 11.4. The van der Waals surface area contributed by atoms with E-state index < -0.39 is 17.4 Å². The highest BCUT2D eigenvalue weighted by Gasteiger charge is 2.34. The van der Waals surface area contributed by atoms with E-state index in [1.165, 1.54) is 28.6 Å². The Morgan fingerprint density at radius 3 is 2.88 bits per heavy atom. The molecule has 16 heavy (non-hydrogen) atoms. The Hall–Kier alpha value is -1.05. The van der Waals surface area contributed by atoms with Gasteiger partial charge in [0.05, 0.1) is 23.3 Å². The van der Waals surface area contributed by atoms with E-state index in [-0.39, 0.29) is 17.2 Å². The second-order valence-corrected chi connectivity index (χ2v) is 5.05. The molecule has 1 fully saturated rings. The first-order chi connectivity index (χ1) is 7.61. The molecule has 0 aliphatic carbocycles. The summed E-state index contributed by atoms with van der Waals surface area (Å²) in [7, 11) is 0. The first-order valence-electron chi connectivity index (χ1n) is 4.87. The quantitative estimate of drug-likeness (QED) is 0.613. The minimum absolute atomic E-state index is 0.125. The van der Waals surface area contributed by atoms with Gasteiger partial charge in [0, 0.05) is 18.7 Å². The Balaban J connectivity index is 2.27. The van der Waals surface area contributed by atoms with Gasteiger partial charge in [0.1, 0.15) is 0 Å². The van der Waals surface area contributed by atoms with Gasteiger partial charge < -0.3 is 10.2 Å². The Kier molecular flexibility index (Phi) is 3.17. The number of aromatic amines is 1. The third-order valence-corrected chi connectivity index (χ3v) is 4.09. The van der Waals surface area contributed by atoms with Gasteiger partial charge in [0.15, 0.2) is 0 Å². The van der Waals surface area contributed by atoms with Gasteiger partial charge in [-0.05, 0) is 0 Å². The van der Waals surface area contributed by atoms with Crippen LogP contribution in [0.2, 0.25) is 0 Å². The fraction of sp³-hybridized carbons (Fsp3) is 0.556. The second-order valence-electron chi connectivity index (χ2n) is 3.63. The summed E-state index contributed by atoms with van der Waals surface area (Å²) in [5, 5.41) is 18.1. The molecule has 0 amide bonds. The van der Waals surface area contributed by atoms with E-state index in [2.05, 4.69) is 4.98 Å². The molecule has 0 unspecified atom stereocenters. The van der Waals surface area contributed by atoms with Crippen LogP contribution in [0.5, 0.6) is 0 Å². The second kappa shape index (κ2) is 4.44. The summed E-state index contributed by atoms with van der Waals surface area (Å²) in [4.78, 5) is 24.5. The van der Waals surface area contributed by atoms with Crippen LogP contribution in [-0.2, 0) is 0 Å². The van der Waals surface area contributed by atoms with Crippen LogP contribution in [0.3, 0.4) is 0 Å². The van der Waals surface area contributed by atoms with Crippen LogP contribution < -0.4 is 11.2 Å². The van der Waals surface area contributed by atoms with E-state index in [1.807, 2.05) is 0 Å². The average molecular weight is 244 g/mol. The summed E-state index contributed by atoms with van der Waals surface area (Å²) in [5.41, 5.74) is -0.931. The van der Waals surface area contributed by atoms with Gasteiger partial charge in [-0.1, -0.05) is 0 Å². The lowest BCUT2D eigenvalue weighted by Crippen LogP contribution is -2.30. The zero-order valence-corrected chi connectivity index (χ0v) is 9.18. The van der Waals surface area contributed by atoms with Gasteiger partial charge in [-0.2, -0.15) is 0 Å². The third kappa shape index (κ3) is 2.06. The number of hydrogen-bond acceptors (Lipinski definition) is 5. The van der Waals surface area contributed by atoms with Crippen molar-refractivity contribution in [2.75, 3.05) is 6.61 Å². The SMILES string of the molecule is O=c1ccn([C@H]2C[C@H](O)[C@@H](CO)S2)c(=O)[nH]1. The van der Waals surface area contributed by atoms with Crippen LogP contribution in [0.4, 0.5) is 0 Å². The van der Waals surface area contributed by atoms with Crippen LogP contribution in [0.1, 0.15) is 11.8 Å². The average Bonchev–Trinajstić information content (AvgIpc) is 2.59. The summed E-state index contributed by atoms with van der Waals surface area (Å²) >= 11 is 1.33. The fourth-order valence-corrected chi connectivity index (χ4v) is 3.09. The number of aromatic nitrogens is 2. The van der Waals surface area contributed by atoms with E-state index in [4.69, 9.17) is 5.11 Å². The summed E-state index contributed by atoms with van der Waals surface area (Å²) in [5.74, 6) is 0. The molecule has 6 nitrogen and oxygen atoms in total. The van der Waals surface area contributed by atoms with Crippen LogP contribution >= 0.6 is 11.8 Å². The van der Waals surface area contributed by atoms with Crippen molar-refractivity contribution in [3.05, 3.63) is 33.1 Å². The van der Waals surface area contributed by atoms with Crippen molar-refractivity contribution >= 4 is 11.8 Å². The van der Waals surface area contributed by atoms with Crippen molar-refractivity contribution in [2.24, 2.45) is 0 Å². The topological polar surface area (TPSA) is 95.3 Å². The molecule has 2 heterocycles. The first-order valence-corrected chi connectivity index (χ1v) is 5.82. The third-order valence-electron chi connectivity index (χ3n) is 2.55. The lowest BCUT2D eigenvalue weighted by Gasteiger charge is -2.11. The molecule has 88 valence electrons. The van der Waals surface area contributed by atoms with Crippen LogP contribution in [0.25, 0.3) is 0 Å². The van der Waals surface area contributed by atoms with Crippen molar-refractivity contribution in [1.82, 2.24) is 9.55 Å². The maximum Gasteiger partial charge on any atom is 0.329 e. The Morgan fingerprint density at radius 1 is 1.56 bits per heavy atom. The molecule has 1 saturated heterocycles. The molecule has 0 saturated carbocycles. The Morgan fingerprint density at radius 2 is 2.31 bits per heavy atom. The van der Waals surface area contributed by atoms with Crippen molar-refractivity contribution in [1.29, 1.82) is 0 Å². The molecule has 2 rings (SSSR count). The molecule has 3 atom stereocenters. The van der Waals surface area contributed by atoms with Gasteiger partial charge in [-0.15, -0.1) is 11.8 Å². The number of rotatable bonds is 2. The van der Waals surface area contributed by atoms with E-state index in [1.54, 1.807) is 0 Å². The predicted octanol–water partition coefficient (Wildman–Crippen LogP) is -1.11. The van der Waals surface area contributed by atoms with E-state index in [0.717, 1.165) is 0 Å². The van der Waals surface area contributed by atoms with Crippen molar-refractivity contribution in [3.8, 4) is 0 Å². The minimum atomic E-state index is -0.626. The number of nitrogens with zero attached hydrogens (tertiary/aromatic N) is 1. The highest BCUT2D eigenvalue weighted by Crippen LogP contribution is 2.40. The van der Waals surface area contributed by atoms with Crippen LogP contribution in [0.15, 0.2) is 21.9 Å². The van der Waals surface area contributed by atoms with Crippen molar-refractivity contribution in [3.63, 3.8) is 0 Å². The normalized spacial score (nSPS) is 29.5. The van der Waals surface area contributed by atoms with E-state index in [0.29, 0.717) is 6.42 Å². The number of H-pyrrole nitrogens is 1. The standard InChI is InChI=1S/C9H12N2O4S/c12-4-6-5(13)3-8(16-6)11-2-1-7(14)10-9(11)15/h1-2,5-6,8,12-13H,3-4H2,(H,10,14,15)/t5-,6+,8+/m0/s1. The van der Waals surface area contributed by atoms with Gasteiger partial charge in [0.2, 0.25) is 0 Å². The highest BCUT2D eigenvalue weighted by molar-refractivity contribution is 8.00. The maximum atomic E-state index is 11.5. The molecule has 0 radical (unpaired) electrons. The Bertz CT molecular complexity index is 483. The van der Waals surface area contributed by atoms with Gasteiger partial charge >= 0.3 is 5.69 Å². The molecular weight excluding hydrogens is 232 g/mol. The van der Waals surface area contributed by atoms with Crippen LogP contribution in [-0.4, -0.2) is 37.7 Å². The fourth-order valence-electron chi connectivity index (χ4n) is 1.70. The molecule has 1 aromatic rings. The largest absolute Gasteiger partial charge is 0.395 e. The summed E-state index contributed by atoms with van der Waals surface area (Å²) < 4.78 is 1.37. The molecule has 3 N–H and O–H groups in total. The molecule has 0 aromatic carbocycles. The molecule has 1 aliphatic rings. The molecular formula is C9H12N2O4S. The van der Waals surface area contributed by atoms with Crippen LogP contribution in [0, 0.1) is 0 Å². The van der Waals surface area contributed by atoms with Crippen molar-refractivity contribution < 1.29 is 10.2 Å². The van der Waals surface area contributed by atoms with Gasteiger partial charge in [-0.25, -0.2) is 4.79 Å². The molecule has 0 bridgehead atoms. The molecule has 1 aromatic heterocycles. The van der Waals surface area contributed by atoms with Gasteiger partial charge in [-0.3, -0.25) is 14.3 Å². The molecule has 0 spiro atoms. The number of nitrogens with one attached hydrogen (secondary N) is 1. The van der Waals surface area contributed by atoms with E-state index in [9.17, 15) is 14.7 Å². The van der Waals surface area contributed by atoms with Gasteiger partial charge in [0.25, 0.3) is 5.56 Å². The number of hydrogen-bond donors (Lipinski definition) is 3. The number of thioether (sulfide) groups is 1. The number of aliphatic hydroxyl groups is 2. The maximum absolute atomic E-state index is 11.5.